The molecule has 0 radical (unpaired) electrons. The number of piperidine rings is 1. The molecule has 3 rings (SSSR count). The smallest absolute Gasteiger partial charge is 0.127 e. The third-order valence-corrected chi connectivity index (χ3v) is 4.82. The minimum Gasteiger partial charge on any atom is -0.296 e. The van der Waals surface area contributed by atoms with Gasteiger partial charge in [0.15, 0.2) is 0 Å². The fraction of sp³-hybridized carbons (Fsp3) is 0.500. The summed E-state index contributed by atoms with van der Waals surface area (Å²) in [5.41, 5.74) is 2.70. The Morgan fingerprint density at radius 2 is 1.83 bits per heavy atom. The lowest BCUT2D eigenvalue weighted by Crippen LogP contribution is -2.39. The topological polar surface area (TPSA) is 29.0 Å². The maximum Gasteiger partial charge on any atom is 0.127 e. The van der Waals surface area contributed by atoms with Crippen molar-refractivity contribution in [3.05, 3.63) is 59.7 Å². The molecule has 0 amide bonds. The van der Waals surface area contributed by atoms with Gasteiger partial charge in [0.1, 0.15) is 5.82 Å². The van der Waals surface area contributed by atoms with Crippen LogP contribution in [0.5, 0.6) is 0 Å². The third kappa shape index (κ3) is 4.61. The number of likely N-dealkylation sites (tertiary alicyclic amines) is 1. The molecular weight excluding hydrogens is 282 g/mol. The minimum atomic E-state index is 0.690. The lowest BCUT2D eigenvalue weighted by Gasteiger charge is -2.35. The lowest BCUT2D eigenvalue weighted by atomic mass is 9.95. The second-order valence-electron chi connectivity index (χ2n) is 6.51. The van der Waals surface area contributed by atoms with Crippen molar-refractivity contribution < 1.29 is 0 Å². The van der Waals surface area contributed by atoms with Gasteiger partial charge >= 0.3 is 0 Å². The van der Waals surface area contributed by atoms with Crippen molar-refractivity contribution in [1.29, 1.82) is 0 Å². The maximum absolute atomic E-state index is 4.44. The zero-order valence-corrected chi connectivity index (χ0v) is 14.1. The number of rotatable bonds is 6. The summed E-state index contributed by atoms with van der Waals surface area (Å²) in [6, 6.07) is 11.5. The summed E-state index contributed by atoms with van der Waals surface area (Å²) in [5, 5.41) is 0. The molecule has 1 saturated heterocycles. The largest absolute Gasteiger partial charge is 0.296 e. The van der Waals surface area contributed by atoms with Gasteiger partial charge < -0.3 is 0 Å². The fourth-order valence-electron chi connectivity index (χ4n) is 3.45. The van der Waals surface area contributed by atoms with Crippen molar-refractivity contribution in [2.75, 3.05) is 6.54 Å². The van der Waals surface area contributed by atoms with Crippen molar-refractivity contribution >= 4 is 0 Å². The van der Waals surface area contributed by atoms with Crippen molar-refractivity contribution in [3.8, 4) is 0 Å². The first-order valence-corrected chi connectivity index (χ1v) is 8.93. The van der Waals surface area contributed by atoms with E-state index in [1.165, 1.54) is 49.8 Å². The molecule has 0 N–H and O–H groups in total. The predicted octanol–water partition coefficient (Wildman–Crippen LogP) is 4.03. The maximum atomic E-state index is 4.44. The number of benzene rings is 1. The quantitative estimate of drug-likeness (QED) is 0.807. The zero-order chi connectivity index (χ0) is 15.9. The van der Waals surface area contributed by atoms with Crippen LogP contribution in [0.4, 0.5) is 0 Å². The number of hydrogen-bond acceptors (Lipinski definition) is 3. The Kier molecular flexibility index (Phi) is 5.76. The molecule has 23 heavy (non-hydrogen) atoms. The Morgan fingerprint density at radius 3 is 2.57 bits per heavy atom. The summed E-state index contributed by atoms with van der Waals surface area (Å²) in [4.78, 5) is 11.5. The van der Waals surface area contributed by atoms with E-state index >= 15 is 0 Å². The molecule has 1 aromatic heterocycles. The van der Waals surface area contributed by atoms with Gasteiger partial charge in [-0.15, -0.1) is 0 Å². The van der Waals surface area contributed by atoms with Crippen LogP contribution in [0.2, 0.25) is 0 Å². The Morgan fingerprint density at radius 1 is 1.04 bits per heavy atom. The molecule has 122 valence electrons. The Balaban J connectivity index is 1.59. The summed E-state index contributed by atoms with van der Waals surface area (Å²) in [7, 11) is 0. The van der Waals surface area contributed by atoms with Crippen LogP contribution in [0.1, 0.15) is 49.6 Å². The van der Waals surface area contributed by atoms with Gasteiger partial charge in [-0.2, -0.15) is 0 Å². The molecule has 2 aromatic rings. The van der Waals surface area contributed by atoms with Crippen LogP contribution in [0, 0.1) is 0 Å². The standard InChI is InChI=1S/C20H27N3/c1-2-20-21-14-18(15-22-20)16-23-13-7-6-10-19(23)12-11-17-8-4-3-5-9-17/h3-5,8-9,14-15,19H,2,6-7,10-13,16H2,1H3/t19-/m1/s1. The molecular formula is C20H27N3. The van der Waals surface area contributed by atoms with Crippen LogP contribution in [0.25, 0.3) is 0 Å². The normalized spacial score (nSPS) is 18.9. The van der Waals surface area contributed by atoms with E-state index < -0.39 is 0 Å². The summed E-state index contributed by atoms with van der Waals surface area (Å²) < 4.78 is 0. The highest BCUT2D eigenvalue weighted by atomic mass is 15.2. The summed E-state index contributed by atoms with van der Waals surface area (Å²) in [5.74, 6) is 0.938. The zero-order valence-electron chi connectivity index (χ0n) is 14.1. The molecule has 1 aliphatic rings. The highest BCUT2D eigenvalue weighted by Gasteiger charge is 2.22. The van der Waals surface area contributed by atoms with Gasteiger partial charge in [0.25, 0.3) is 0 Å². The Labute approximate surface area is 139 Å². The van der Waals surface area contributed by atoms with E-state index in [0.717, 1.165) is 18.8 Å². The van der Waals surface area contributed by atoms with Gasteiger partial charge in [-0.05, 0) is 37.8 Å². The molecule has 0 spiro atoms. The molecule has 0 unspecified atom stereocenters. The van der Waals surface area contributed by atoms with Gasteiger partial charge in [-0.25, -0.2) is 9.97 Å². The van der Waals surface area contributed by atoms with Gasteiger partial charge in [0.05, 0.1) is 0 Å². The number of nitrogens with zero attached hydrogens (tertiary/aromatic N) is 3. The molecule has 1 aliphatic heterocycles. The van der Waals surface area contributed by atoms with Crippen molar-refractivity contribution in [2.45, 2.75) is 58.0 Å². The first-order valence-electron chi connectivity index (χ1n) is 8.93. The van der Waals surface area contributed by atoms with E-state index in [4.69, 9.17) is 0 Å². The van der Waals surface area contributed by atoms with Crippen LogP contribution in [-0.2, 0) is 19.4 Å². The van der Waals surface area contributed by atoms with Crippen LogP contribution < -0.4 is 0 Å². The van der Waals surface area contributed by atoms with Crippen molar-refractivity contribution in [3.63, 3.8) is 0 Å². The molecule has 1 aromatic carbocycles. The van der Waals surface area contributed by atoms with Gasteiger partial charge in [0.2, 0.25) is 0 Å². The lowest BCUT2D eigenvalue weighted by molar-refractivity contribution is 0.132. The van der Waals surface area contributed by atoms with Gasteiger partial charge in [-0.1, -0.05) is 43.7 Å². The number of hydrogen-bond donors (Lipinski definition) is 0. The third-order valence-electron chi connectivity index (χ3n) is 4.82. The number of aromatic nitrogens is 2. The second-order valence-corrected chi connectivity index (χ2v) is 6.51. The first-order chi connectivity index (χ1) is 11.3. The van der Waals surface area contributed by atoms with Crippen LogP contribution >= 0.6 is 0 Å². The van der Waals surface area contributed by atoms with E-state index in [-0.39, 0.29) is 0 Å². The predicted molar refractivity (Wildman–Crippen MR) is 94.2 cm³/mol. The summed E-state index contributed by atoms with van der Waals surface area (Å²) in [6.45, 7) is 4.29. The molecule has 2 heterocycles. The Bertz CT molecular complexity index is 580. The molecule has 1 fully saturated rings. The number of aryl methyl sites for hydroxylation is 2. The van der Waals surface area contributed by atoms with E-state index in [9.17, 15) is 0 Å². The second kappa shape index (κ2) is 8.21. The summed E-state index contributed by atoms with van der Waals surface area (Å²) >= 11 is 0. The van der Waals surface area contributed by atoms with E-state index in [0.29, 0.717) is 6.04 Å². The monoisotopic (exact) mass is 309 g/mol. The molecule has 0 aliphatic carbocycles. The molecule has 3 heteroatoms. The molecule has 3 nitrogen and oxygen atoms in total. The molecule has 0 saturated carbocycles. The highest BCUT2D eigenvalue weighted by molar-refractivity contribution is 5.15. The van der Waals surface area contributed by atoms with Crippen LogP contribution in [0.15, 0.2) is 42.7 Å². The summed E-state index contributed by atoms with van der Waals surface area (Å²) in [6.07, 6.45) is 11.3. The highest BCUT2D eigenvalue weighted by Crippen LogP contribution is 2.23. The van der Waals surface area contributed by atoms with Crippen LogP contribution in [0.3, 0.4) is 0 Å². The fourth-order valence-corrected chi connectivity index (χ4v) is 3.45. The average Bonchev–Trinajstić information content (AvgIpc) is 2.62. The Hall–Kier alpha value is -1.74. The van der Waals surface area contributed by atoms with Crippen molar-refractivity contribution in [1.82, 2.24) is 14.9 Å². The van der Waals surface area contributed by atoms with E-state index in [2.05, 4.69) is 52.1 Å². The molecule has 0 bridgehead atoms. The average molecular weight is 309 g/mol. The first kappa shape index (κ1) is 16.1. The SMILES string of the molecule is CCc1ncc(CN2CCCC[C@@H]2CCc2ccccc2)cn1. The van der Waals surface area contributed by atoms with E-state index in [1.807, 2.05) is 12.4 Å². The van der Waals surface area contributed by atoms with Crippen molar-refractivity contribution in [2.24, 2.45) is 0 Å². The molecule has 1 atom stereocenters. The minimum absolute atomic E-state index is 0.690. The van der Waals surface area contributed by atoms with Gasteiger partial charge in [0, 0.05) is 37.0 Å². The van der Waals surface area contributed by atoms with Gasteiger partial charge in [-0.3, -0.25) is 4.90 Å². The van der Waals surface area contributed by atoms with E-state index in [1.54, 1.807) is 0 Å². The van der Waals surface area contributed by atoms with Crippen LogP contribution in [-0.4, -0.2) is 27.5 Å².